The second kappa shape index (κ2) is 10.6. The van der Waals surface area contributed by atoms with E-state index in [2.05, 4.69) is 71.5 Å². The van der Waals surface area contributed by atoms with Gasteiger partial charge in [0.1, 0.15) is 0 Å². The smallest absolute Gasteiger partial charge is 0.409 e. The third kappa shape index (κ3) is 5.75. The molecule has 2 amide bonds. The van der Waals surface area contributed by atoms with Crippen LogP contribution in [0.1, 0.15) is 42.9 Å². The Hall–Kier alpha value is -3.28. The lowest BCUT2D eigenvalue weighted by Crippen LogP contribution is -2.46. The number of carbonyl (C=O) groups excluding carboxylic acids is 2. The molecule has 2 aromatic carbocycles. The Morgan fingerprint density at radius 2 is 1.79 bits per heavy atom. The lowest BCUT2D eigenvalue weighted by Gasteiger charge is -2.31. The van der Waals surface area contributed by atoms with E-state index in [1.807, 2.05) is 6.92 Å². The third-order valence-electron chi connectivity index (χ3n) is 6.35. The highest BCUT2D eigenvalue weighted by Crippen LogP contribution is 2.24. The number of rotatable bonds is 7. The number of hydrogen-bond acceptors (Lipinski definition) is 3. The van der Waals surface area contributed by atoms with Gasteiger partial charge in [-0.2, -0.15) is 0 Å². The predicted octanol–water partition coefficient (Wildman–Crippen LogP) is 4.67. The number of likely N-dealkylation sites (tertiary alicyclic amines) is 1. The van der Waals surface area contributed by atoms with Crippen LogP contribution in [0.3, 0.4) is 0 Å². The topological polar surface area (TPSA) is 63.6 Å². The molecule has 1 aliphatic heterocycles. The van der Waals surface area contributed by atoms with Crippen LogP contribution >= 0.6 is 0 Å². The van der Waals surface area contributed by atoms with Gasteiger partial charge < -0.3 is 19.5 Å². The second-order valence-corrected chi connectivity index (χ2v) is 8.81. The molecule has 6 nitrogen and oxygen atoms in total. The van der Waals surface area contributed by atoms with Gasteiger partial charge in [-0.3, -0.25) is 4.79 Å². The Balaban J connectivity index is 1.34. The summed E-state index contributed by atoms with van der Waals surface area (Å²) in [7, 11) is 0. The molecule has 2 heterocycles. The van der Waals surface area contributed by atoms with Gasteiger partial charge in [0, 0.05) is 49.2 Å². The second-order valence-electron chi connectivity index (χ2n) is 8.81. The molecule has 0 saturated carbocycles. The number of aromatic nitrogens is 1. The first kappa shape index (κ1) is 22.9. The molecule has 4 rings (SSSR count). The largest absolute Gasteiger partial charge is 0.450 e. The molecule has 6 heteroatoms. The van der Waals surface area contributed by atoms with Crippen LogP contribution in [-0.2, 0) is 22.5 Å². The van der Waals surface area contributed by atoms with Crippen LogP contribution in [0.4, 0.5) is 4.79 Å². The molecule has 0 bridgehead atoms. The van der Waals surface area contributed by atoms with Gasteiger partial charge in [0.15, 0.2) is 0 Å². The maximum atomic E-state index is 12.6. The summed E-state index contributed by atoms with van der Waals surface area (Å²) in [6.45, 7) is 6.35. The van der Waals surface area contributed by atoms with Crippen LogP contribution in [0, 0.1) is 6.92 Å². The lowest BCUT2D eigenvalue weighted by molar-refractivity contribution is -0.122. The van der Waals surface area contributed by atoms with E-state index in [9.17, 15) is 9.59 Å². The van der Waals surface area contributed by atoms with Crippen LogP contribution in [0.5, 0.6) is 0 Å². The summed E-state index contributed by atoms with van der Waals surface area (Å²) in [6.07, 6.45) is 4.62. The Labute approximate surface area is 195 Å². The minimum Gasteiger partial charge on any atom is -0.450 e. The maximum absolute atomic E-state index is 12.6. The number of para-hydroxylation sites is 1. The molecule has 1 N–H and O–H groups in total. The van der Waals surface area contributed by atoms with Gasteiger partial charge in [-0.15, -0.1) is 0 Å². The standard InChI is InChI=1S/C27H33N3O3/c1-3-33-27(32)29-16-14-23(15-17-29)28-26(31)13-12-22-19-30(25-7-5-4-6-24(22)25)18-21-10-8-20(2)9-11-21/h4-11,19,23H,3,12-18H2,1-2H3,(H,28,31). The van der Waals surface area contributed by atoms with Crippen molar-refractivity contribution < 1.29 is 14.3 Å². The fraction of sp³-hybridized carbons (Fsp3) is 0.407. The fourth-order valence-corrected chi connectivity index (χ4v) is 4.51. The maximum Gasteiger partial charge on any atom is 0.409 e. The number of fused-ring (bicyclic) bond motifs is 1. The SMILES string of the molecule is CCOC(=O)N1CCC(NC(=O)CCc2cn(Cc3ccc(C)cc3)c3ccccc23)CC1. The molecule has 0 spiro atoms. The molecule has 0 radical (unpaired) electrons. The predicted molar refractivity (Wildman–Crippen MR) is 130 cm³/mol. The molecule has 0 aliphatic carbocycles. The summed E-state index contributed by atoms with van der Waals surface area (Å²) in [4.78, 5) is 26.2. The first-order chi connectivity index (χ1) is 16.0. The molecule has 3 aromatic rings. The summed E-state index contributed by atoms with van der Waals surface area (Å²) in [5, 5.41) is 4.36. The molecule has 174 valence electrons. The van der Waals surface area contributed by atoms with Gasteiger partial charge in [0.05, 0.1) is 6.61 Å². The summed E-state index contributed by atoms with van der Waals surface area (Å²) in [5.41, 5.74) is 4.92. The number of amides is 2. The van der Waals surface area contributed by atoms with Crippen LogP contribution in [0.2, 0.25) is 0 Å². The Kier molecular flexibility index (Phi) is 7.33. The highest BCUT2D eigenvalue weighted by Gasteiger charge is 2.24. The number of ether oxygens (including phenoxy) is 1. The van der Waals surface area contributed by atoms with E-state index in [4.69, 9.17) is 4.74 Å². The van der Waals surface area contributed by atoms with Gasteiger partial charge in [-0.25, -0.2) is 4.79 Å². The van der Waals surface area contributed by atoms with E-state index in [0.717, 1.165) is 19.4 Å². The minimum absolute atomic E-state index is 0.0694. The summed E-state index contributed by atoms with van der Waals surface area (Å²) in [6, 6.07) is 17.1. The molecule has 0 atom stereocenters. The van der Waals surface area contributed by atoms with E-state index < -0.39 is 0 Å². The molecule has 1 aromatic heterocycles. The van der Waals surface area contributed by atoms with E-state index in [-0.39, 0.29) is 18.0 Å². The van der Waals surface area contributed by atoms with Crippen molar-refractivity contribution in [2.45, 2.75) is 52.1 Å². The highest BCUT2D eigenvalue weighted by molar-refractivity contribution is 5.85. The zero-order valence-corrected chi connectivity index (χ0v) is 19.5. The average molecular weight is 448 g/mol. The Morgan fingerprint density at radius 1 is 1.06 bits per heavy atom. The van der Waals surface area contributed by atoms with E-state index >= 15 is 0 Å². The van der Waals surface area contributed by atoms with Crippen molar-refractivity contribution in [3.05, 3.63) is 71.4 Å². The van der Waals surface area contributed by atoms with Gasteiger partial charge in [-0.05, 0) is 50.3 Å². The molecular weight excluding hydrogens is 414 g/mol. The molecule has 0 unspecified atom stereocenters. The zero-order chi connectivity index (χ0) is 23.2. The van der Waals surface area contributed by atoms with Crippen molar-refractivity contribution >= 4 is 22.9 Å². The summed E-state index contributed by atoms with van der Waals surface area (Å²) < 4.78 is 7.34. The number of aryl methyl sites for hydroxylation is 2. The van der Waals surface area contributed by atoms with Gasteiger partial charge in [-0.1, -0.05) is 48.0 Å². The molecule has 1 aliphatic rings. The molecule has 1 saturated heterocycles. The van der Waals surface area contributed by atoms with Crippen molar-refractivity contribution in [2.75, 3.05) is 19.7 Å². The normalized spacial score (nSPS) is 14.4. The minimum atomic E-state index is -0.260. The van der Waals surface area contributed by atoms with E-state index in [1.165, 1.54) is 27.6 Å². The number of piperidine rings is 1. The highest BCUT2D eigenvalue weighted by atomic mass is 16.6. The van der Waals surface area contributed by atoms with Crippen LogP contribution < -0.4 is 5.32 Å². The van der Waals surface area contributed by atoms with Crippen LogP contribution in [-0.4, -0.2) is 47.2 Å². The molecule has 33 heavy (non-hydrogen) atoms. The lowest BCUT2D eigenvalue weighted by atomic mass is 10.0. The quantitative estimate of drug-likeness (QED) is 0.573. The number of nitrogens with zero attached hydrogens (tertiary/aromatic N) is 2. The Bertz CT molecular complexity index is 1100. The molecular formula is C27H33N3O3. The van der Waals surface area contributed by atoms with Crippen molar-refractivity contribution in [3.8, 4) is 0 Å². The molecule has 1 fully saturated rings. The average Bonchev–Trinajstić information content (AvgIpc) is 3.17. The number of hydrogen-bond donors (Lipinski definition) is 1. The van der Waals surface area contributed by atoms with E-state index in [1.54, 1.807) is 4.90 Å². The van der Waals surface area contributed by atoms with E-state index in [0.29, 0.717) is 32.5 Å². The third-order valence-corrected chi connectivity index (χ3v) is 6.35. The summed E-state index contributed by atoms with van der Waals surface area (Å²) >= 11 is 0. The zero-order valence-electron chi connectivity index (χ0n) is 19.5. The van der Waals surface area contributed by atoms with Crippen LogP contribution in [0.25, 0.3) is 10.9 Å². The fourth-order valence-electron chi connectivity index (χ4n) is 4.51. The summed E-state index contributed by atoms with van der Waals surface area (Å²) in [5.74, 6) is 0.0694. The van der Waals surface area contributed by atoms with Gasteiger partial charge >= 0.3 is 6.09 Å². The number of carbonyl (C=O) groups is 2. The monoisotopic (exact) mass is 447 g/mol. The van der Waals surface area contributed by atoms with Crippen molar-refractivity contribution in [1.29, 1.82) is 0 Å². The van der Waals surface area contributed by atoms with Crippen molar-refractivity contribution in [2.24, 2.45) is 0 Å². The van der Waals surface area contributed by atoms with Crippen molar-refractivity contribution in [1.82, 2.24) is 14.8 Å². The van der Waals surface area contributed by atoms with Gasteiger partial charge in [0.25, 0.3) is 0 Å². The van der Waals surface area contributed by atoms with Gasteiger partial charge in [0.2, 0.25) is 5.91 Å². The van der Waals surface area contributed by atoms with Crippen molar-refractivity contribution in [3.63, 3.8) is 0 Å². The Morgan fingerprint density at radius 3 is 2.52 bits per heavy atom. The number of benzene rings is 2. The first-order valence-electron chi connectivity index (χ1n) is 11.9. The first-order valence-corrected chi connectivity index (χ1v) is 11.9. The van der Waals surface area contributed by atoms with Crippen LogP contribution in [0.15, 0.2) is 54.7 Å². The number of nitrogens with one attached hydrogen (secondary N) is 1.